The van der Waals surface area contributed by atoms with Crippen molar-refractivity contribution in [3.63, 3.8) is 0 Å². The predicted molar refractivity (Wildman–Crippen MR) is 51.4 cm³/mol. The summed E-state index contributed by atoms with van der Waals surface area (Å²) in [6.07, 6.45) is 3.20. The van der Waals surface area contributed by atoms with E-state index >= 15 is 0 Å². The number of Topliss-reactive ketones (excluding diaryl/α,β-unsaturated/α-hetero) is 1. The van der Waals surface area contributed by atoms with Crippen LogP contribution in [0.3, 0.4) is 0 Å². The number of ketones is 1. The largest absolute Gasteiger partial charge is 0.321 e. The molecular formula is C10H14N2O. The molecule has 0 amide bonds. The molecule has 13 heavy (non-hydrogen) atoms. The third-order valence-corrected chi connectivity index (χ3v) is 1.99. The average Bonchev–Trinajstić information content (AvgIpc) is 2.17. The van der Waals surface area contributed by atoms with E-state index in [0.29, 0.717) is 5.56 Å². The van der Waals surface area contributed by atoms with Gasteiger partial charge in [0.05, 0.1) is 6.04 Å². The summed E-state index contributed by atoms with van der Waals surface area (Å²) in [5.74, 6) is 0.151. The van der Waals surface area contributed by atoms with Crippen LogP contribution in [-0.2, 0) is 0 Å². The number of aromatic nitrogens is 1. The summed E-state index contributed by atoms with van der Waals surface area (Å²) in [7, 11) is 0. The minimum Gasteiger partial charge on any atom is -0.321 e. The monoisotopic (exact) mass is 178 g/mol. The van der Waals surface area contributed by atoms with E-state index in [1.54, 1.807) is 24.5 Å². The molecule has 0 bridgehead atoms. The fourth-order valence-electron chi connectivity index (χ4n) is 1.01. The van der Waals surface area contributed by atoms with Gasteiger partial charge in [-0.1, -0.05) is 13.8 Å². The SMILES string of the molecule is CC(C)[C@@H](N)C(=O)c1ccncc1. The molecule has 0 aliphatic carbocycles. The van der Waals surface area contributed by atoms with E-state index in [1.165, 1.54) is 0 Å². The molecular weight excluding hydrogens is 164 g/mol. The lowest BCUT2D eigenvalue weighted by Gasteiger charge is -2.13. The molecule has 1 aromatic heterocycles. The molecule has 2 N–H and O–H groups in total. The van der Waals surface area contributed by atoms with Gasteiger partial charge in [-0.15, -0.1) is 0 Å². The highest BCUT2D eigenvalue weighted by molar-refractivity contribution is 5.99. The van der Waals surface area contributed by atoms with E-state index in [9.17, 15) is 4.79 Å². The van der Waals surface area contributed by atoms with E-state index in [1.807, 2.05) is 13.8 Å². The van der Waals surface area contributed by atoms with Gasteiger partial charge in [0.25, 0.3) is 0 Å². The Morgan fingerprint density at radius 1 is 1.38 bits per heavy atom. The Morgan fingerprint density at radius 3 is 2.38 bits per heavy atom. The Kier molecular flexibility index (Phi) is 3.14. The number of carbonyl (C=O) groups is 1. The van der Waals surface area contributed by atoms with Crippen LogP contribution in [0.15, 0.2) is 24.5 Å². The highest BCUT2D eigenvalue weighted by Gasteiger charge is 2.18. The first-order valence-corrected chi connectivity index (χ1v) is 4.32. The van der Waals surface area contributed by atoms with Crippen LogP contribution < -0.4 is 5.73 Å². The van der Waals surface area contributed by atoms with Crippen LogP contribution in [-0.4, -0.2) is 16.8 Å². The standard InChI is InChI=1S/C10H14N2O/c1-7(2)9(11)10(13)8-3-5-12-6-4-8/h3-7,9H,11H2,1-2H3/t9-/m1/s1. The Hall–Kier alpha value is -1.22. The van der Waals surface area contributed by atoms with Crippen molar-refractivity contribution in [2.24, 2.45) is 11.7 Å². The van der Waals surface area contributed by atoms with E-state index < -0.39 is 6.04 Å². The molecule has 0 unspecified atom stereocenters. The molecule has 0 aromatic carbocycles. The number of hydrogen-bond acceptors (Lipinski definition) is 3. The van der Waals surface area contributed by atoms with Gasteiger partial charge in [0, 0.05) is 18.0 Å². The van der Waals surface area contributed by atoms with E-state index in [2.05, 4.69) is 4.98 Å². The Balaban J connectivity index is 2.80. The predicted octanol–water partition coefficient (Wildman–Crippen LogP) is 1.25. The lowest BCUT2D eigenvalue weighted by molar-refractivity contribution is 0.0940. The number of rotatable bonds is 3. The summed E-state index contributed by atoms with van der Waals surface area (Å²) in [4.78, 5) is 15.5. The highest BCUT2D eigenvalue weighted by atomic mass is 16.1. The smallest absolute Gasteiger partial charge is 0.179 e. The van der Waals surface area contributed by atoms with Crippen LogP contribution in [0.1, 0.15) is 24.2 Å². The number of nitrogens with zero attached hydrogens (tertiary/aromatic N) is 1. The second kappa shape index (κ2) is 4.14. The van der Waals surface area contributed by atoms with Crippen LogP contribution >= 0.6 is 0 Å². The summed E-state index contributed by atoms with van der Waals surface area (Å²) in [6, 6.07) is 2.96. The lowest BCUT2D eigenvalue weighted by atomic mass is 9.97. The van der Waals surface area contributed by atoms with Crippen LogP contribution in [0.2, 0.25) is 0 Å². The Bertz CT molecular complexity index is 282. The zero-order valence-electron chi connectivity index (χ0n) is 7.90. The molecule has 0 radical (unpaired) electrons. The maximum atomic E-state index is 11.6. The highest BCUT2D eigenvalue weighted by Crippen LogP contribution is 2.07. The first-order valence-electron chi connectivity index (χ1n) is 4.32. The van der Waals surface area contributed by atoms with Crippen molar-refractivity contribution >= 4 is 5.78 Å². The Morgan fingerprint density at radius 2 is 1.92 bits per heavy atom. The average molecular weight is 178 g/mol. The van der Waals surface area contributed by atoms with Crippen molar-refractivity contribution in [3.05, 3.63) is 30.1 Å². The zero-order valence-corrected chi connectivity index (χ0v) is 7.90. The van der Waals surface area contributed by atoms with E-state index in [0.717, 1.165) is 0 Å². The van der Waals surface area contributed by atoms with Crippen LogP contribution in [0.25, 0.3) is 0 Å². The van der Waals surface area contributed by atoms with Gasteiger partial charge in [0.2, 0.25) is 0 Å². The summed E-state index contributed by atoms with van der Waals surface area (Å²) in [5, 5.41) is 0. The normalized spacial score (nSPS) is 12.9. The van der Waals surface area contributed by atoms with Crippen molar-refractivity contribution in [1.82, 2.24) is 4.98 Å². The second-order valence-electron chi connectivity index (χ2n) is 3.37. The van der Waals surface area contributed by atoms with Gasteiger partial charge in [-0.3, -0.25) is 9.78 Å². The molecule has 0 saturated carbocycles. The van der Waals surface area contributed by atoms with Crippen LogP contribution in [0.5, 0.6) is 0 Å². The zero-order chi connectivity index (χ0) is 9.84. The summed E-state index contributed by atoms with van der Waals surface area (Å²) in [6.45, 7) is 3.87. The van der Waals surface area contributed by atoms with Gasteiger partial charge in [-0.05, 0) is 18.1 Å². The van der Waals surface area contributed by atoms with E-state index in [4.69, 9.17) is 5.73 Å². The molecule has 1 rings (SSSR count). The maximum absolute atomic E-state index is 11.6. The lowest BCUT2D eigenvalue weighted by Crippen LogP contribution is -2.35. The molecule has 0 saturated heterocycles. The van der Waals surface area contributed by atoms with Gasteiger partial charge in [-0.25, -0.2) is 0 Å². The van der Waals surface area contributed by atoms with Gasteiger partial charge >= 0.3 is 0 Å². The van der Waals surface area contributed by atoms with Crippen LogP contribution in [0.4, 0.5) is 0 Å². The summed E-state index contributed by atoms with van der Waals surface area (Å²) >= 11 is 0. The summed E-state index contributed by atoms with van der Waals surface area (Å²) in [5.41, 5.74) is 6.36. The van der Waals surface area contributed by atoms with Crippen molar-refractivity contribution < 1.29 is 4.79 Å². The topological polar surface area (TPSA) is 56.0 Å². The quantitative estimate of drug-likeness (QED) is 0.708. The molecule has 0 spiro atoms. The van der Waals surface area contributed by atoms with Gasteiger partial charge < -0.3 is 5.73 Å². The fourth-order valence-corrected chi connectivity index (χ4v) is 1.01. The number of hydrogen-bond donors (Lipinski definition) is 1. The van der Waals surface area contributed by atoms with Gasteiger partial charge in [0.15, 0.2) is 5.78 Å². The first-order chi connectivity index (χ1) is 6.13. The molecule has 70 valence electrons. The van der Waals surface area contributed by atoms with Crippen molar-refractivity contribution in [2.75, 3.05) is 0 Å². The summed E-state index contributed by atoms with van der Waals surface area (Å²) < 4.78 is 0. The molecule has 1 heterocycles. The van der Waals surface area contributed by atoms with Crippen molar-refractivity contribution in [3.8, 4) is 0 Å². The maximum Gasteiger partial charge on any atom is 0.179 e. The third-order valence-electron chi connectivity index (χ3n) is 1.99. The number of carbonyl (C=O) groups excluding carboxylic acids is 1. The minimum absolute atomic E-state index is 0.0163. The third kappa shape index (κ3) is 2.36. The molecule has 1 atom stereocenters. The molecule has 0 fully saturated rings. The van der Waals surface area contributed by atoms with Crippen LogP contribution in [0, 0.1) is 5.92 Å². The second-order valence-corrected chi connectivity index (χ2v) is 3.37. The molecule has 0 aliphatic heterocycles. The first kappa shape index (κ1) is 9.86. The fraction of sp³-hybridized carbons (Fsp3) is 0.400. The molecule has 1 aromatic rings. The van der Waals surface area contributed by atoms with Gasteiger partial charge in [-0.2, -0.15) is 0 Å². The molecule has 0 aliphatic rings. The molecule has 3 heteroatoms. The van der Waals surface area contributed by atoms with Crippen molar-refractivity contribution in [2.45, 2.75) is 19.9 Å². The molecule has 3 nitrogen and oxygen atoms in total. The minimum atomic E-state index is -0.414. The van der Waals surface area contributed by atoms with Gasteiger partial charge in [0.1, 0.15) is 0 Å². The Labute approximate surface area is 78.0 Å². The van der Waals surface area contributed by atoms with E-state index in [-0.39, 0.29) is 11.7 Å². The number of pyridine rings is 1. The number of nitrogens with two attached hydrogens (primary N) is 1. The van der Waals surface area contributed by atoms with Crippen molar-refractivity contribution in [1.29, 1.82) is 0 Å².